The highest BCUT2D eigenvalue weighted by molar-refractivity contribution is 5.97. The molecule has 0 radical (unpaired) electrons. The minimum atomic E-state index is -0.306. The zero-order valence-electron chi connectivity index (χ0n) is 14.6. The second-order valence-electron chi connectivity index (χ2n) is 7.31. The molecule has 132 valence electrons. The molecule has 0 aliphatic carbocycles. The van der Waals surface area contributed by atoms with E-state index in [0.717, 1.165) is 25.9 Å². The fourth-order valence-electron chi connectivity index (χ4n) is 4.30. The Hall–Kier alpha value is -2.01. The van der Waals surface area contributed by atoms with Crippen molar-refractivity contribution in [1.82, 2.24) is 14.8 Å². The number of amides is 1. The SMILES string of the molecule is C[C@H]1CCCN1C1CCN(C(=O)c2cnc3ccc(F)cc3c2)CC1. The average Bonchev–Trinajstić information content (AvgIpc) is 3.06. The van der Waals surface area contributed by atoms with Crippen LogP contribution >= 0.6 is 0 Å². The van der Waals surface area contributed by atoms with E-state index < -0.39 is 0 Å². The lowest BCUT2D eigenvalue weighted by Crippen LogP contribution is -2.47. The van der Waals surface area contributed by atoms with Crippen LogP contribution in [0.5, 0.6) is 0 Å². The molecule has 2 fully saturated rings. The molecule has 0 unspecified atom stereocenters. The lowest BCUT2D eigenvalue weighted by atomic mass is 10.0. The molecule has 25 heavy (non-hydrogen) atoms. The van der Waals surface area contributed by atoms with Crippen molar-refractivity contribution in [3.8, 4) is 0 Å². The number of pyridine rings is 1. The predicted octanol–water partition coefficient (Wildman–Crippen LogP) is 3.46. The highest BCUT2D eigenvalue weighted by Gasteiger charge is 2.31. The van der Waals surface area contributed by atoms with Crippen LogP contribution in [0.2, 0.25) is 0 Å². The van der Waals surface area contributed by atoms with Gasteiger partial charge in [0.05, 0.1) is 11.1 Å². The van der Waals surface area contributed by atoms with Gasteiger partial charge < -0.3 is 4.90 Å². The maximum Gasteiger partial charge on any atom is 0.255 e. The van der Waals surface area contributed by atoms with Crippen LogP contribution in [0.25, 0.3) is 10.9 Å². The Morgan fingerprint density at radius 3 is 2.68 bits per heavy atom. The van der Waals surface area contributed by atoms with Gasteiger partial charge in [0.25, 0.3) is 5.91 Å². The van der Waals surface area contributed by atoms with Crippen molar-refractivity contribution in [1.29, 1.82) is 0 Å². The van der Waals surface area contributed by atoms with Gasteiger partial charge in [-0.15, -0.1) is 0 Å². The Morgan fingerprint density at radius 1 is 1.16 bits per heavy atom. The third-order valence-corrected chi connectivity index (χ3v) is 5.72. The smallest absolute Gasteiger partial charge is 0.255 e. The molecule has 0 N–H and O–H groups in total. The van der Waals surface area contributed by atoms with E-state index in [1.807, 2.05) is 4.90 Å². The first-order valence-corrected chi connectivity index (χ1v) is 9.22. The van der Waals surface area contributed by atoms with Crippen molar-refractivity contribution < 1.29 is 9.18 Å². The summed E-state index contributed by atoms with van der Waals surface area (Å²) in [5.41, 5.74) is 1.26. The highest BCUT2D eigenvalue weighted by atomic mass is 19.1. The summed E-state index contributed by atoms with van der Waals surface area (Å²) in [6.45, 7) is 5.08. The molecule has 0 saturated carbocycles. The number of likely N-dealkylation sites (tertiary alicyclic amines) is 2. The molecular formula is C20H24FN3O. The van der Waals surface area contributed by atoms with Crippen LogP contribution in [0.3, 0.4) is 0 Å². The molecular weight excluding hydrogens is 317 g/mol. The molecule has 1 aromatic heterocycles. The first kappa shape index (κ1) is 16.5. The number of fused-ring (bicyclic) bond motifs is 1. The third kappa shape index (κ3) is 3.25. The van der Waals surface area contributed by atoms with E-state index in [-0.39, 0.29) is 11.7 Å². The molecule has 2 aliphatic rings. The number of nitrogens with zero attached hydrogens (tertiary/aromatic N) is 3. The van der Waals surface area contributed by atoms with Crippen LogP contribution in [0.15, 0.2) is 30.5 Å². The minimum absolute atomic E-state index is 0.00609. The quantitative estimate of drug-likeness (QED) is 0.839. The molecule has 0 bridgehead atoms. The van der Waals surface area contributed by atoms with Gasteiger partial charge in [0.2, 0.25) is 0 Å². The largest absolute Gasteiger partial charge is 0.338 e. The minimum Gasteiger partial charge on any atom is -0.338 e. The molecule has 2 saturated heterocycles. The van der Waals surface area contributed by atoms with Gasteiger partial charge in [-0.25, -0.2) is 4.39 Å². The lowest BCUT2D eigenvalue weighted by molar-refractivity contribution is 0.0611. The summed E-state index contributed by atoms with van der Waals surface area (Å²) in [6, 6.07) is 7.49. The number of aromatic nitrogens is 1. The summed E-state index contributed by atoms with van der Waals surface area (Å²) in [7, 11) is 0. The van der Waals surface area contributed by atoms with E-state index in [4.69, 9.17) is 0 Å². The first-order chi connectivity index (χ1) is 12.1. The van der Waals surface area contributed by atoms with E-state index in [1.54, 1.807) is 18.3 Å². The Morgan fingerprint density at radius 2 is 1.96 bits per heavy atom. The number of halogens is 1. The molecule has 2 aromatic rings. The van der Waals surface area contributed by atoms with E-state index in [9.17, 15) is 9.18 Å². The Balaban J connectivity index is 1.45. The summed E-state index contributed by atoms with van der Waals surface area (Å²) < 4.78 is 13.4. The number of hydrogen-bond donors (Lipinski definition) is 0. The Kier molecular flexibility index (Phi) is 4.42. The molecule has 1 amide bonds. The zero-order chi connectivity index (χ0) is 17.4. The molecule has 0 spiro atoms. The maximum absolute atomic E-state index is 13.4. The second kappa shape index (κ2) is 6.71. The van der Waals surface area contributed by atoms with Crippen molar-refractivity contribution in [2.45, 2.75) is 44.7 Å². The number of benzene rings is 1. The number of rotatable bonds is 2. The van der Waals surface area contributed by atoms with Gasteiger partial charge in [-0.1, -0.05) is 0 Å². The van der Waals surface area contributed by atoms with Crippen molar-refractivity contribution in [3.05, 3.63) is 41.8 Å². The lowest BCUT2D eigenvalue weighted by Gasteiger charge is -2.38. The average molecular weight is 341 g/mol. The molecule has 4 rings (SSSR count). The Labute approximate surface area is 147 Å². The molecule has 1 aromatic carbocycles. The molecule has 4 nitrogen and oxygen atoms in total. The Bertz CT molecular complexity index is 786. The second-order valence-corrected chi connectivity index (χ2v) is 7.31. The third-order valence-electron chi connectivity index (χ3n) is 5.72. The van der Waals surface area contributed by atoms with E-state index >= 15 is 0 Å². The van der Waals surface area contributed by atoms with Gasteiger partial charge in [-0.05, 0) is 63.4 Å². The normalized spacial score (nSPS) is 22.6. The maximum atomic E-state index is 13.4. The van der Waals surface area contributed by atoms with Gasteiger partial charge in [0.15, 0.2) is 0 Å². The van der Waals surface area contributed by atoms with Gasteiger partial charge >= 0.3 is 0 Å². The van der Waals surface area contributed by atoms with Gasteiger partial charge in [0, 0.05) is 36.8 Å². The predicted molar refractivity (Wildman–Crippen MR) is 96.0 cm³/mol. The van der Waals surface area contributed by atoms with Gasteiger partial charge in [-0.3, -0.25) is 14.7 Å². The van der Waals surface area contributed by atoms with E-state index in [1.165, 1.54) is 31.5 Å². The van der Waals surface area contributed by atoms with Crippen molar-refractivity contribution in [3.63, 3.8) is 0 Å². The number of carbonyl (C=O) groups is 1. The summed E-state index contributed by atoms with van der Waals surface area (Å²) in [5.74, 6) is -0.300. The van der Waals surface area contributed by atoms with Crippen LogP contribution in [-0.2, 0) is 0 Å². The van der Waals surface area contributed by atoms with E-state index in [2.05, 4.69) is 16.8 Å². The van der Waals surface area contributed by atoms with Crippen molar-refractivity contribution >= 4 is 16.8 Å². The highest BCUT2D eigenvalue weighted by Crippen LogP contribution is 2.26. The number of piperidine rings is 1. The number of carbonyl (C=O) groups excluding carboxylic acids is 1. The monoisotopic (exact) mass is 341 g/mol. The fourth-order valence-corrected chi connectivity index (χ4v) is 4.30. The van der Waals surface area contributed by atoms with E-state index in [0.29, 0.717) is 28.6 Å². The first-order valence-electron chi connectivity index (χ1n) is 9.22. The van der Waals surface area contributed by atoms with Crippen LogP contribution in [-0.4, -0.2) is 52.4 Å². The van der Waals surface area contributed by atoms with Gasteiger partial charge in [-0.2, -0.15) is 0 Å². The summed E-state index contributed by atoms with van der Waals surface area (Å²) in [4.78, 5) is 21.6. The van der Waals surface area contributed by atoms with Crippen LogP contribution < -0.4 is 0 Å². The zero-order valence-corrected chi connectivity index (χ0v) is 14.6. The van der Waals surface area contributed by atoms with Gasteiger partial charge in [0.1, 0.15) is 5.82 Å². The van der Waals surface area contributed by atoms with Crippen molar-refractivity contribution in [2.75, 3.05) is 19.6 Å². The molecule has 5 heteroatoms. The fraction of sp³-hybridized carbons (Fsp3) is 0.500. The van der Waals surface area contributed by atoms with Crippen LogP contribution in [0, 0.1) is 5.82 Å². The molecule has 3 heterocycles. The summed E-state index contributed by atoms with van der Waals surface area (Å²) in [5, 5.41) is 0.673. The summed E-state index contributed by atoms with van der Waals surface area (Å²) >= 11 is 0. The van der Waals surface area contributed by atoms with Crippen LogP contribution in [0.1, 0.15) is 43.0 Å². The van der Waals surface area contributed by atoms with Crippen molar-refractivity contribution in [2.24, 2.45) is 0 Å². The van der Waals surface area contributed by atoms with Crippen LogP contribution in [0.4, 0.5) is 4.39 Å². The molecule has 2 aliphatic heterocycles. The molecule has 1 atom stereocenters. The number of hydrogen-bond acceptors (Lipinski definition) is 3. The summed E-state index contributed by atoms with van der Waals surface area (Å²) in [6.07, 6.45) is 6.26. The topological polar surface area (TPSA) is 36.4 Å². The standard InChI is InChI=1S/C20H24FN3O/c1-14-3-2-8-24(14)18-6-9-23(10-7-18)20(25)16-11-15-12-17(21)4-5-19(15)22-13-16/h4-5,11-14,18H,2-3,6-10H2,1H3/t14-/m0/s1.